The van der Waals surface area contributed by atoms with E-state index in [1.807, 2.05) is 23.1 Å². The Labute approximate surface area is 209 Å². The van der Waals surface area contributed by atoms with E-state index in [9.17, 15) is 14.3 Å². The van der Waals surface area contributed by atoms with Gasteiger partial charge in [-0.05, 0) is 42.7 Å². The highest BCUT2D eigenvalue weighted by atomic mass is 35.5. The van der Waals surface area contributed by atoms with E-state index >= 15 is 0 Å². The maximum atomic E-state index is 14.9. The van der Waals surface area contributed by atoms with Crippen molar-refractivity contribution >= 4 is 34.0 Å². The van der Waals surface area contributed by atoms with Gasteiger partial charge in [0.15, 0.2) is 16.6 Å². The molecule has 0 spiro atoms. The number of nitrogens with zero attached hydrogens (tertiary/aromatic N) is 2. The summed E-state index contributed by atoms with van der Waals surface area (Å²) in [7, 11) is 0. The fourth-order valence-corrected chi connectivity index (χ4v) is 5.75. The van der Waals surface area contributed by atoms with Crippen molar-refractivity contribution in [1.29, 1.82) is 0 Å². The first-order chi connectivity index (χ1) is 16.9. The largest absolute Gasteiger partial charge is 0.511 e. The minimum atomic E-state index is -0.627. The predicted octanol–water partition coefficient (Wildman–Crippen LogP) is 5.53. The van der Waals surface area contributed by atoms with Gasteiger partial charge in [-0.15, -0.1) is 0 Å². The number of fused-ring (bicyclic) bond motifs is 1. The van der Waals surface area contributed by atoms with Gasteiger partial charge in [-0.1, -0.05) is 35.1 Å². The Balaban J connectivity index is 1.26. The molecule has 1 aliphatic carbocycles. The van der Waals surface area contributed by atoms with Crippen LogP contribution in [0.5, 0.6) is 11.5 Å². The molecular formula is C25H21ClFN3O4S. The first-order valence-corrected chi connectivity index (χ1v) is 12.4. The number of amides is 1. The normalized spacial score (nSPS) is 18.3. The highest BCUT2D eigenvalue weighted by Crippen LogP contribution is 2.51. The third-order valence-electron chi connectivity index (χ3n) is 6.65. The molecule has 3 aromatic rings. The van der Waals surface area contributed by atoms with Crippen LogP contribution < -0.4 is 14.8 Å². The summed E-state index contributed by atoms with van der Waals surface area (Å²) in [5.74, 6) is 0.984. The van der Waals surface area contributed by atoms with Gasteiger partial charge < -0.3 is 24.8 Å². The van der Waals surface area contributed by atoms with Crippen molar-refractivity contribution in [1.82, 2.24) is 9.88 Å². The molecule has 2 N–H and O–H groups in total. The number of carbonyl (C=O) groups is 1. The number of aliphatic hydroxyl groups excluding tert-OH is 1. The zero-order valence-electron chi connectivity index (χ0n) is 18.5. The smallest absolute Gasteiger partial charge is 0.236 e. The molecule has 2 aromatic carbocycles. The van der Waals surface area contributed by atoms with Crippen LogP contribution in [0.3, 0.4) is 0 Å². The van der Waals surface area contributed by atoms with Gasteiger partial charge in [0.05, 0.1) is 16.3 Å². The Morgan fingerprint density at radius 2 is 2.06 bits per heavy atom. The van der Waals surface area contributed by atoms with Crippen LogP contribution >= 0.6 is 22.9 Å². The molecule has 0 unspecified atom stereocenters. The van der Waals surface area contributed by atoms with Crippen LogP contribution in [-0.4, -0.2) is 34.2 Å². The fraction of sp³-hybridized carbons (Fsp3) is 0.280. The molecule has 0 radical (unpaired) electrons. The van der Waals surface area contributed by atoms with Crippen molar-refractivity contribution in [2.24, 2.45) is 0 Å². The van der Waals surface area contributed by atoms with Crippen molar-refractivity contribution in [3.63, 3.8) is 0 Å². The number of carbonyl (C=O) groups excluding carboxylic acids is 1. The SMILES string of the molecule is O=C(Nc1ncc([C@H](c2ccc(Cl)cc2F)N2C=C(O)CC2)s1)C1(c2ccc3c(c2)OCO3)CC1. The summed E-state index contributed by atoms with van der Waals surface area (Å²) in [6, 6.07) is 9.64. The number of thiazole rings is 1. The summed E-state index contributed by atoms with van der Waals surface area (Å²) in [4.78, 5) is 20.3. The van der Waals surface area contributed by atoms with Crippen LogP contribution in [-0.2, 0) is 10.2 Å². The molecule has 1 atom stereocenters. The van der Waals surface area contributed by atoms with Gasteiger partial charge in [0.25, 0.3) is 0 Å². The van der Waals surface area contributed by atoms with E-state index in [1.165, 1.54) is 17.4 Å². The van der Waals surface area contributed by atoms with Crippen molar-refractivity contribution in [3.8, 4) is 11.5 Å². The summed E-state index contributed by atoms with van der Waals surface area (Å²) < 4.78 is 25.8. The molecule has 2 aliphatic heterocycles. The predicted molar refractivity (Wildman–Crippen MR) is 130 cm³/mol. The third kappa shape index (κ3) is 3.98. The minimum Gasteiger partial charge on any atom is -0.511 e. The Kier molecular flexibility index (Phi) is 5.34. The second-order valence-corrected chi connectivity index (χ2v) is 10.3. The summed E-state index contributed by atoms with van der Waals surface area (Å²) >= 11 is 7.25. The molecule has 0 saturated heterocycles. The number of nitrogens with one attached hydrogen (secondary N) is 1. The van der Waals surface area contributed by atoms with Crippen molar-refractivity contribution in [2.45, 2.75) is 30.7 Å². The lowest BCUT2D eigenvalue weighted by Gasteiger charge is -2.27. The summed E-state index contributed by atoms with van der Waals surface area (Å²) in [5.41, 5.74) is 0.675. The van der Waals surface area contributed by atoms with Crippen LogP contribution in [0.25, 0.3) is 0 Å². The fourth-order valence-electron chi connectivity index (χ4n) is 4.64. The average Bonchev–Trinajstić information content (AvgIpc) is 3.12. The molecule has 1 fully saturated rings. The third-order valence-corrected chi connectivity index (χ3v) is 7.85. The molecule has 3 aliphatic rings. The number of benzene rings is 2. The lowest BCUT2D eigenvalue weighted by molar-refractivity contribution is -0.118. The van der Waals surface area contributed by atoms with Crippen LogP contribution in [0.15, 0.2) is 54.6 Å². The van der Waals surface area contributed by atoms with Gasteiger partial charge >= 0.3 is 0 Å². The monoisotopic (exact) mass is 513 g/mol. The Bertz CT molecular complexity index is 1360. The standard InChI is InChI=1S/C25H21ClFN3O4S/c26-15-2-3-17(18(27)10-15)22(30-8-5-16(31)12-30)21-11-28-24(35-21)29-23(32)25(6-7-25)14-1-4-19-20(9-14)34-13-33-19/h1-4,9-12,22,31H,5-8,13H2,(H,28,29,32)/t22-/m0/s1. The molecule has 180 valence electrons. The minimum absolute atomic E-state index is 0.134. The molecule has 0 bridgehead atoms. The van der Waals surface area contributed by atoms with E-state index < -0.39 is 17.3 Å². The van der Waals surface area contributed by atoms with Gasteiger partial charge in [0.1, 0.15) is 11.6 Å². The molecule has 10 heteroatoms. The quantitative estimate of drug-likeness (QED) is 0.451. The topological polar surface area (TPSA) is 83.9 Å². The second kappa shape index (κ2) is 8.42. The van der Waals surface area contributed by atoms with Crippen LogP contribution in [0.2, 0.25) is 5.02 Å². The van der Waals surface area contributed by atoms with Crippen molar-refractivity contribution in [2.75, 3.05) is 18.7 Å². The number of hydrogen-bond acceptors (Lipinski definition) is 7. The average molecular weight is 514 g/mol. The maximum Gasteiger partial charge on any atom is 0.236 e. The van der Waals surface area contributed by atoms with Gasteiger partial charge in [0.2, 0.25) is 12.7 Å². The second-order valence-electron chi connectivity index (χ2n) is 8.85. The van der Waals surface area contributed by atoms with Gasteiger partial charge in [-0.2, -0.15) is 0 Å². The number of ether oxygens (including phenoxy) is 2. The Morgan fingerprint density at radius 3 is 2.80 bits per heavy atom. The molecular weight excluding hydrogens is 493 g/mol. The first-order valence-electron chi connectivity index (χ1n) is 11.2. The zero-order chi connectivity index (χ0) is 24.2. The van der Waals surface area contributed by atoms with Crippen LogP contribution in [0.4, 0.5) is 9.52 Å². The van der Waals surface area contributed by atoms with Crippen LogP contribution in [0.1, 0.15) is 41.3 Å². The number of hydrogen-bond donors (Lipinski definition) is 2. The lowest BCUT2D eigenvalue weighted by Crippen LogP contribution is -2.27. The first kappa shape index (κ1) is 22.2. The highest BCUT2D eigenvalue weighted by Gasteiger charge is 2.52. The van der Waals surface area contributed by atoms with E-state index in [-0.39, 0.29) is 18.5 Å². The maximum absolute atomic E-state index is 14.9. The molecule has 1 aromatic heterocycles. The molecule has 6 rings (SSSR count). The number of aromatic nitrogens is 1. The number of halogens is 2. The van der Waals surface area contributed by atoms with E-state index in [4.69, 9.17) is 21.1 Å². The summed E-state index contributed by atoms with van der Waals surface area (Å²) in [6.07, 6.45) is 5.20. The molecule has 35 heavy (non-hydrogen) atoms. The number of rotatable bonds is 6. The van der Waals surface area contributed by atoms with Gasteiger partial charge in [0, 0.05) is 35.9 Å². The van der Waals surface area contributed by atoms with Crippen molar-refractivity contribution < 1.29 is 23.8 Å². The van der Waals surface area contributed by atoms with Gasteiger partial charge in [-0.25, -0.2) is 9.37 Å². The summed E-state index contributed by atoms with van der Waals surface area (Å²) in [5, 5.41) is 13.7. The molecule has 1 saturated carbocycles. The highest BCUT2D eigenvalue weighted by molar-refractivity contribution is 7.15. The van der Waals surface area contributed by atoms with E-state index in [0.717, 1.165) is 23.3 Å². The zero-order valence-corrected chi connectivity index (χ0v) is 20.0. The number of aliphatic hydroxyl groups is 1. The van der Waals surface area contributed by atoms with E-state index in [0.29, 0.717) is 40.2 Å². The van der Waals surface area contributed by atoms with Gasteiger partial charge in [-0.3, -0.25) is 4.79 Å². The summed E-state index contributed by atoms with van der Waals surface area (Å²) in [6.45, 7) is 0.713. The molecule has 3 heterocycles. The Morgan fingerprint density at radius 1 is 1.23 bits per heavy atom. The van der Waals surface area contributed by atoms with Crippen LogP contribution in [0, 0.1) is 5.82 Å². The van der Waals surface area contributed by atoms with E-state index in [2.05, 4.69) is 10.3 Å². The number of anilines is 1. The molecule has 7 nitrogen and oxygen atoms in total. The molecule has 1 amide bonds. The Hall–Kier alpha value is -3.30. The van der Waals surface area contributed by atoms with E-state index in [1.54, 1.807) is 24.5 Å². The lowest BCUT2D eigenvalue weighted by atomic mass is 9.94. The van der Waals surface area contributed by atoms with Crippen molar-refractivity contribution in [3.05, 3.63) is 81.4 Å².